The molecule has 1 aliphatic rings. The summed E-state index contributed by atoms with van der Waals surface area (Å²) in [4.78, 5) is 11.7. The summed E-state index contributed by atoms with van der Waals surface area (Å²) < 4.78 is 38.2. The molecule has 0 amide bonds. The Kier molecular flexibility index (Phi) is 3.70. The van der Waals surface area contributed by atoms with E-state index in [1.54, 1.807) is 24.3 Å². The number of fused-ring (bicyclic) bond motifs is 1. The maximum Gasteiger partial charge on any atom is 0.271 e. The second-order valence-electron chi connectivity index (χ2n) is 5.10. The second kappa shape index (κ2) is 5.90. The maximum atomic E-state index is 12.5. The minimum atomic E-state index is -3.75. The zero-order valence-corrected chi connectivity index (χ0v) is 14.2. The van der Waals surface area contributed by atoms with Gasteiger partial charge in [-0.1, -0.05) is 0 Å². The molecule has 25 heavy (non-hydrogen) atoms. The lowest BCUT2D eigenvalue weighted by Gasteiger charge is -2.06. The number of nitrogens with zero attached hydrogens (tertiary/aromatic N) is 1. The number of sulfonamides is 1. The van der Waals surface area contributed by atoms with E-state index < -0.39 is 10.0 Å². The molecular formula is C15H11N3O5S2. The van der Waals surface area contributed by atoms with E-state index in [9.17, 15) is 13.2 Å². The molecule has 0 radical (unpaired) electrons. The highest BCUT2D eigenvalue weighted by molar-refractivity contribution is 7.94. The predicted molar refractivity (Wildman–Crippen MR) is 91.5 cm³/mol. The van der Waals surface area contributed by atoms with Crippen LogP contribution in [0.3, 0.4) is 0 Å². The van der Waals surface area contributed by atoms with Gasteiger partial charge in [0.05, 0.1) is 10.6 Å². The van der Waals surface area contributed by atoms with Gasteiger partial charge in [-0.25, -0.2) is 13.5 Å². The van der Waals surface area contributed by atoms with Crippen molar-refractivity contribution >= 4 is 27.0 Å². The average molecular weight is 377 g/mol. The van der Waals surface area contributed by atoms with Crippen LogP contribution < -0.4 is 19.8 Å². The first-order chi connectivity index (χ1) is 12.0. The van der Waals surface area contributed by atoms with Gasteiger partial charge in [0.2, 0.25) is 6.79 Å². The van der Waals surface area contributed by atoms with Crippen LogP contribution in [0.25, 0.3) is 10.6 Å². The van der Waals surface area contributed by atoms with E-state index in [4.69, 9.17) is 9.47 Å². The van der Waals surface area contributed by atoms with Crippen LogP contribution in [0.4, 0.5) is 5.69 Å². The number of rotatable bonds is 4. The Morgan fingerprint density at radius 2 is 1.92 bits per heavy atom. The molecular weight excluding hydrogens is 366 g/mol. The molecule has 10 heteroatoms. The van der Waals surface area contributed by atoms with Crippen LogP contribution >= 0.6 is 11.3 Å². The molecule has 3 heterocycles. The Bertz CT molecular complexity index is 1080. The summed E-state index contributed by atoms with van der Waals surface area (Å²) in [7, 11) is -3.75. The van der Waals surface area contributed by atoms with E-state index in [-0.39, 0.29) is 16.6 Å². The molecule has 0 atom stereocenters. The topological polar surface area (TPSA) is 110 Å². The number of hydrogen-bond donors (Lipinski definition) is 2. The summed E-state index contributed by atoms with van der Waals surface area (Å²) in [6.45, 7) is 0.117. The predicted octanol–water partition coefficient (Wildman–Crippen LogP) is 2.03. The minimum absolute atomic E-state index is 0.117. The van der Waals surface area contributed by atoms with E-state index in [1.165, 1.54) is 18.2 Å². The zero-order valence-electron chi connectivity index (χ0n) is 12.6. The van der Waals surface area contributed by atoms with Crippen molar-refractivity contribution in [1.82, 2.24) is 10.2 Å². The van der Waals surface area contributed by atoms with Gasteiger partial charge in [-0.3, -0.25) is 9.52 Å². The first-order valence-electron chi connectivity index (χ1n) is 7.10. The lowest BCUT2D eigenvalue weighted by atomic mass is 10.3. The van der Waals surface area contributed by atoms with Crippen molar-refractivity contribution in [2.24, 2.45) is 0 Å². The third kappa shape index (κ3) is 3.08. The van der Waals surface area contributed by atoms with E-state index in [0.717, 1.165) is 11.3 Å². The largest absolute Gasteiger partial charge is 0.454 e. The smallest absolute Gasteiger partial charge is 0.271 e. The monoisotopic (exact) mass is 377 g/mol. The molecule has 8 nitrogen and oxygen atoms in total. The normalized spacial score (nSPS) is 13.0. The highest BCUT2D eigenvalue weighted by Crippen LogP contribution is 2.35. The summed E-state index contributed by atoms with van der Waals surface area (Å²) in [6, 6.07) is 10.8. The maximum absolute atomic E-state index is 12.5. The molecule has 128 valence electrons. The van der Waals surface area contributed by atoms with Crippen molar-refractivity contribution in [3.8, 4) is 22.1 Å². The van der Waals surface area contributed by atoms with E-state index >= 15 is 0 Å². The molecule has 0 aliphatic carbocycles. The summed E-state index contributed by atoms with van der Waals surface area (Å²) >= 11 is 1.05. The summed E-state index contributed by atoms with van der Waals surface area (Å²) in [5, 5.41) is 6.21. The van der Waals surface area contributed by atoms with Crippen LogP contribution in [0.5, 0.6) is 11.5 Å². The number of aromatic amines is 1. The van der Waals surface area contributed by atoms with Crippen LogP contribution in [0.2, 0.25) is 0 Å². The zero-order chi connectivity index (χ0) is 17.4. The second-order valence-corrected chi connectivity index (χ2v) is 8.09. The van der Waals surface area contributed by atoms with Crippen molar-refractivity contribution in [1.29, 1.82) is 0 Å². The van der Waals surface area contributed by atoms with Gasteiger partial charge in [0.25, 0.3) is 15.6 Å². The van der Waals surface area contributed by atoms with Crippen LogP contribution in [0.1, 0.15) is 0 Å². The molecule has 1 aromatic carbocycles. The van der Waals surface area contributed by atoms with Gasteiger partial charge in [-0.05, 0) is 30.3 Å². The van der Waals surface area contributed by atoms with E-state index in [0.29, 0.717) is 27.8 Å². The molecule has 0 saturated heterocycles. The third-order valence-electron chi connectivity index (χ3n) is 3.40. The molecule has 1 aliphatic heterocycles. The fourth-order valence-electron chi connectivity index (χ4n) is 2.25. The van der Waals surface area contributed by atoms with Gasteiger partial charge in [-0.2, -0.15) is 5.10 Å². The number of H-pyrrole nitrogens is 1. The van der Waals surface area contributed by atoms with Crippen molar-refractivity contribution in [2.45, 2.75) is 4.21 Å². The van der Waals surface area contributed by atoms with Gasteiger partial charge in [0.1, 0.15) is 9.90 Å². The molecule has 4 rings (SSSR count). The van der Waals surface area contributed by atoms with Gasteiger partial charge in [0.15, 0.2) is 11.5 Å². The van der Waals surface area contributed by atoms with Crippen LogP contribution in [0.15, 0.2) is 51.5 Å². The molecule has 2 N–H and O–H groups in total. The third-order valence-corrected chi connectivity index (χ3v) is 6.38. The van der Waals surface area contributed by atoms with Crippen molar-refractivity contribution in [2.75, 3.05) is 11.5 Å². The van der Waals surface area contributed by atoms with Crippen LogP contribution in [-0.4, -0.2) is 25.4 Å². The number of thiophene rings is 1. The lowest BCUT2D eigenvalue weighted by molar-refractivity contribution is 0.174. The fraction of sp³-hybridized carbons (Fsp3) is 0.0667. The summed E-state index contributed by atoms with van der Waals surface area (Å²) in [6.07, 6.45) is 0. The first kappa shape index (κ1) is 15.7. The molecule has 0 saturated carbocycles. The standard InChI is InChI=1S/C15H11N3O5S2/c19-14-5-2-10(16-17-14)13-4-6-15(24-13)25(20,21)18-9-1-3-11-12(7-9)23-8-22-11/h1-7,18H,8H2,(H,17,19). The summed E-state index contributed by atoms with van der Waals surface area (Å²) in [5.74, 6) is 1.06. The Labute approximate surface area is 146 Å². The van der Waals surface area contributed by atoms with E-state index in [1.807, 2.05) is 0 Å². The molecule has 2 aromatic heterocycles. The molecule has 0 unspecified atom stereocenters. The van der Waals surface area contributed by atoms with E-state index in [2.05, 4.69) is 14.9 Å². The number of nitrogens with one attached hydrogen (secondary N) is 2. The Hall–Kier alpha value is -2.85. The van der Waals surface area contributed by atoms with Gasteiger partial charge >= 0.3 is 0 Å². The average Bonchev–Trinajstić information content (AvgIpc) is 3.24. The Morgan fingerprint density at radius 1 is 1.08 bits per heavy atom. The fourth-order valence-corrected chi connectivity index (χ4v) is 4.57. The highest BCUT2D eigenvalue weighted by Gasteiger charge is 2.20. The van der Waals surface area contributed by atoms with Gasteiger partial charge in [0, 0.05) is 12.1 Å². The van der Waals surface area contributed by atoms with Crippen molar-refractivity contribution in [3.05, 3.63) is 52.8 Å². The molecule has 0 bridgehead atoms. The quantitative estimate of drug-likeness (QED) is 0.720. The first-order valence-corrected chi connectivity index (χ1v) is 9.40. The molecule has 3 aromatic rings. The van der Waals surface area contributed by atoms with Crippen molar-refractivity contribution in [3.63, 3.8) is 0 Å². The van der Waals surface area contributed by atoms with Gasteiger partial charge in [-0.15, -0.1) is 11.3 Å². The number of anilines is 1. The Balaban J connectivity index is 1.60. The summed E-state index contributed by atoms with van der Waals surface area (Å²) in [5.41, 5.74) is 0.549. The van der Waals surface area contributed by atoms with Crippen molar-refractivity contribution < 1.29 is 17.9 Å². The molecule has 0 spiro atoms. The SMILES string of the molecule is O=c1ccc(-c2ccc(S(=O)(=O)Nc3ccc4c(c3)OCO4)s2)n[nH]1. The lowest BCUT2D eigenvalue weighted by Crippen LogP contribution is -2.11. The van der Waals surface area contributed by atoms with Crippen LogP contribution in [-0.2, 0) is 10.0 Å². The Morgan fingerprint density at radius 3 is 2.72 bits per heavy atom. The number of hydrogen-bond acceptors (Lipinski definition) is 7. The highest BCUT2D eigenvalue weighted by atomic mass is 32.2. The number of benzene rings is 1. The number of aromatic nitrogens is 2. The number of ether oxygens (including phenoxy) is 2. The minimum Gasteiger partial charge on any atom is -0.454 e. The van der Waals surface area contributed by atoms with Crippen LogP contribution in [0, 0.1) is 0 Å². The van der Waals surface area contributed by atoms with Gasteiger partial charge < -0.3 is 9.47 Å². The molecule has 0 fully saturated rings.